The minimum absolute atomic E-state index is 0.233. The molecule has 1 saturated heterocycles. The fourth-order valence-electron chi connectivity index (χ4n) is 7.00. The van der Waals surface area contributed by atoms with Gasteiger partial charge in [0, 0.05) is 43.9 Å². The number of piperidine rings is 1. The number of fused-ring (bicyclic) bond motifs is 1. The summed E-state index contributed by atoms with van der Waals surface area (Å²) in [5, 5.41) is 27.4. The highest BCUT2D eigenvalue weighted by Gasteiger charge is 2.45. The van der Waals surface area contributed by atoms with E-state index in [-0.39, 0.29) is 12.5 Å². The molecule has 0 saturated carbocycles. The van der Waals surface area contributed by atoms with Crippen LogP contribution in [0.4, 0.5) is 10.2 Å². The molecule has 2 unspecified atom stereocenters. The molecule has 4 aromatic rings. The first kappa shape index (κ1) is 35.2. The first-order chi connectivity index (χ1) is 24.3. The molecule has 6 rings (SSSR count). The monoisotopic (exact) mass is 698 g/mol. The average Bonchev–Trinajstić information content (AvgIpc) is 3.55. The zero-order valence-corrected chi connectivity index (χ0v) is 28.8. The third-order valence-electron chi connectivity index (χ3n) is 9.58. The van der Waals surface area contributed by atoms with E-state index in [1.54, 1.807) is 19.4 Å². The van der Waals surface area contributed by atoms with E-state index in [0.29, 0.717) is 66.1 Å². The highest BCUT2D eigenvalue weighted by Crippen LogP contribution is 2.46. The Hall–Kier alpha value is -4.60. The number of methoxy groups -OCH3 is 1. The molecule has 1 aliphatic carbocycles. The number of carbonyl (C=O) groups is 1. The van der Waals surface area contributed by atoms with Crippen LogP contribution in [0.1, 0.15) is 59.9 Å². The number of aliphatic carboxylic acids is 1. The van der Waals surface area contributed by atoms with Crippen molar-refractivity contribution in [2.45, 2.75) is 57.5 Å². The van der Waals surface area contributed by atoms with Crippen molar-refractivity contribution >= 4 is 40.1 Å². The minimum Gasteiger partial charge on any atom is -0.480 e. The van der Waals surface area contributed by atoms with Crippen LogP contribution in [-0.4, -0.2) is 58.9 Å². The van der Waals surface area contributed by atoms with Crippen LogP contribution in [-0.2, 0) is 34.8 Å². The summed E-state index contributed by atoms with van der Waals surface area (Å²) in [5.41, 5.74) is 4.44. The first-order valence-electron chi connectivity index (χ1n) is 16.7. The highest BCUT2D eigenvalue weighted by atomic mass is 35.5. The number of carboxylic acids is 1. The third-order valence-corrected chi connectivity index (χ3v) is 9.91. The number of carboxylic acid groups (broad SMARTS) is 1. The summed E-state index contributed by atoms with van der Waals surface area (Å²) < 4.78 is 24.8. The standard InChI is InChI=1S/C38H40ClFN6O4/c1-24-29(30-8-3-4-10-31(30)39)9-7-12-38(24,45-34-18-27(23-49-2)28(21-43-34)20-42-14-13-40)37-44-32-17-25(16-26(19-41)35(32)50-37)22-46-15-6-5-11-33(46)36(47)48/h3-4,7-10,12,16-18,21,24,33,42H,5-6,11,13-15,20,22-23H2,1-2H3,(H,43,45)(H,47,48)/t24?,33-,38?/m0/s1. The number of alkyl halides is 1. The van der Waals surface area contributed by atoms with E-state index >= 15 is 0 Å². The number of pyridine rings is 1. The molecule has 3 atom stereocenters. The summed E-state index contributed by atoms with van der Waals surface area (Å²) in [6.07, 6.45) is 10.1. The Labute approximate surface area is 295 Å². The van der Waals surface area contributed by atoms with Gasteiger partial charge >= 0.3 is 5.97 Å². The van der Waals surface area contributed by atoms with E-state index in [0.717, 1.165) is 40.7 Å². The molecule has 1 aliphatic heterocycles. The van der Waals surface area contributed by atoms with E-state index in [2.05, 4.69) is 23.6 Å². The smallest absolute Gasteiger partial charge is 0.320 e. The molecule has 50 heavy (non-hydrogen) atoms. The van der Waals surface area contributed by atoms with Crippen molar-refractivity contribution in [1.82, 2.24) is 20.2 Å². The van der Waals surface area contributed by atoms with E-state index < -0.39 is 24.2 Å². The molecule has 0 amide bonds. The van der Waals surface area contributed by atoms with Gasteiger partial charge in [0.2, 0.25) is 5.89 Å². The predicted molar refractivity (Wildman–Crippen MR) is 190 cm³/mol. The molecule has 12 heteroatoms. The number of rotatable bonds is 13. The number of likely N-dealkylation sites (tertiary alicyclic amines) is 1. The van der Waals surface area contributed by atoms with Crippen molar-refractivity contribution in [3.8, 4) is 6.07 Å². The SMILES string of the molecule is COCc1cc(NC2(c3nc4cc(CN5CCCC[C@H]5C(=O)O)cc(C#N)c4o3)C=CC=C(c3ccccc3Cl)C2C)ncc1CNCCF. The average molecular weight is 699 g/mol. The molecule has 10 nitrogen and oxygen atoms in total. The lowest BCUT2D eigenvalue weighted by Crippen LogP contribution is -2.44. The highest BCUT2D eigenvalue weighted by molar-refractivity contribution is 6.32. The van der Waals surface area contributed by atoms with Gasteiger partial charge < -0.3 is 24.9 Å². The molecule has 2 aromatic carbocycles. The van der Waals surface area contributed by atoms with Crippen LogP contribution < -0.4 is 10.6 Å². The summed E-state index contributed by atoms with van der Waals surface area (Å²) >= 11 is 6.72. The number of oxazole rings is 1. The van der Waals surface area contributed by atoms with Crippen molar-refractivity contribution < 1.29 is 23.4 Å². The van der Waals surface area contributed by atoms with Gasteiger partial charge in [-0.3, -0.25) is 9.69 Å². The van der Waals surface area contributed by atoms with Crippen molar-refractivity contribution in [2.75, 3.05) is 32.2 Å². The Bertz CT molecular complexity index is 1970. The first-order valence-corrected chi connectivity index (χ1v) is 17.1. The maximum atomic E-state index is 12.8. The number of hydrogen-bond acceptors (Lipinski definition) is 9. The van der Waals surface area contributed by atoms with Crippen LogP contribution in [0.25, 0.3) is 16.7 Å². The fraction of sp³-hybridized carbons (Fsp3) is 0.368. The van der Waals surface area contributed by atoms with Crippen LogP contribution in [0.5, 0.6) is 0 Å². The number of nitrogens with one attached hydrogen (secondary N) is 2. The number of allylic oxidation sites excluding steroid dienone is 2. The lowest BCUT2D eigenvalue weighted by Gasteiger charge is -2.39. The van der Waals surface area contributed by atoms with Gasteiger partial charge in [-0.25, -0.2) is 14.4 Å². The summed E-state index contributed by atoms with van der Waals surface area (Å²) in [6.45, 7) is 3.62. The number of aromatic nitrogens is 2. The minimum atomic E-state index is -1.08. The maximum absolute atomic E-state index is 12.8. The summed E-state index contributed by atoms with van der Waals surface area (Å²) in [6, 6.07) is 14.9. The number of halogens is 2. The topological polar surface area (TPSA) is 137 Å². The number of hydrogen-bond donors (Lipinski definition) is 3. The molecule has 0 radical (unpaired) electrons. The van der Waals surface area contributed by atoms with Crippen LogP contribution in [0.15, 0.2) is 71.3 Å². The molecule has 3 N–H and O–H groups in total. The van der Waals surface area contributed by atoms with Gasteiger partial charge in [0.1, 0.15) is 35.7 Å². The Morgan fingerprint density at radius 1 is 1.26 bits per heavy atom. The second kappa shape index (κ2) is 15.5. The zero-order valence-electron chi connectivity index (χ0n) is 28.1. The van der Waals surface area contributed by atoms with Crippen molar-refractivity contribution in [3.63, 3.8) is 0 Å². The van der Waals surface area contributed by atoms with Crippen molar-refractivity contribution in [1.29, 1.82) is 5.26 Å². The Kier molecular flexibility index (Phi) is 10.9. The quantitative estimate of drug-likeness (QED) is 0.125. The summed E-state index contributed by atoms with van der Waals surface area (Å²) in [7, 11) is 1.62. The zero-order chi connectivity index (χ0) is 35.3. The van der Waals surface area contributed by atoms with Crippen LogP contribution in [0.2, 0.25) is 5.02 Å². The van der Waals surface area contributed by atoms with Gasteiger partial charge in [-0.05, 0) is 77.6 Å². The fourth-order valence-corrected chi connectivity index (χ4v) is 7.24. The molecule has 1 fully saturated rings. The number of ether oxygens (including phenoxy) is 1. The van der Waals surface area contributed by atoms with Gasteiger partial charge in [-0.2, -0.15) is 5.26 Å². The lowest BCUT2D eigenvalue weighted by atomic mass is 9.74. The Morgan fingerprint density at radius 2 is 2.10 bits per heavy atom. The van der Waals surface area contributed by atoms with Gasteiger partial charge in [0.15, 0.2) is 5.58 Å². The normalized spacial score (nSPS) is 20.8. The maximum Gasteiger partial charge on any atom is 0.320 e. The van der Waals surface area contributed by atoms with Gasteiger partial charge in [0.25, 0.3) is 0 Å². The van der Waals surface area contributed by atoms with Gasteiger partial charge in [-0.15, -0.1) is 0 Å². The molecule has 0 spiro atoms. The number of nitriles is 1. The van der Waals surface area contributed by atoms with Crippen LogP contribution in [0.3, 0.4) is 0 Å². The third kappa shape index (κ3) is 7.16. The summed E-state index contributed by atoms with van der Waals surface area (Å²) in [5.74, 6) is -0.271. The Morgan fingerprint density at radius 3 is 2.86 bits per heavy atom. The van der Waals surface area contributed by atoms with Crippen molar-refractivity contribution in [2.24, 2.45) is 5.92 Å². The lowest BCUT2D eigenvalue weighted by molar-refractivity contribution is -0.144. The number of benzene rings is 2. The number of nitrogens with zero attached hydrogens (tertiary/aromatic N) is 4. The molecular weight excluding hydrogens is 659 g/mol. The van der Waals surface area contributed by atoms with Gasteiger partial charge in [-0.1, -0.05) is 55.3 Å². The van der Waals surface area contributed by atoms with E-state index in [1.807, 2.05) is 59.5 Å². The van der Waals surface area contributed by atoms with Crippen LogP contribution in [0, 0.1) is 17.2 Å². The van der Waals surface area contributed by atoms with E-state index in [9.17, 15) is 19.6 Å². The second-order valence-electron chi connectivity index (χ2n) is 12.8. The predicted octanol–water partition coefficient (Wildman–Crippen LogP) is 6.99. The molecule has 0 bridgehead atoms. The van der Waals surface area contributed by atoms with E-state index in [1.165, 1.54) is 0 Å². The molecule has 260 valence electrons. The molecule has 2 aliphatic rings. The number of anilines is 1. The largest absolute Gasteiger partial charge is 0.480 e. The second-order valence-corrected chi connectivity index (χ2v) is 13.2. The molecular formula is C38H40ClFN6O4. The van der Waals surface area contributed by atoms with Crippen molar-refractivity contribution in [3.05, 3.63) is 106 Å². The summed E-state index contributed by atoms with van der Waals surface area (Å²) in [4.78, 5) is 23.7. The van der Waals surface area contributed by atoms with Gasteiger partial charge in [0.05, 0.1) is 12.2 Å². The van der Waals surface area contributed by atoms with Crippen LogP contribution >= 0.6 is 11.6 Å². The Balaban J connectivity index is 1.44. The van der Waals surface area contributed by atoms with E-state index in [4.69, 9.17) is 30.7 Å². The molecule has 2 aromatic heterocycles. The molecule has 3 heterocycles.